The van der Waals surface area contributed by atoms with Gasteiger partial charge in [0.2, 0.25) is 10.0 Å². The Morgan fingerprint density at radius 1 is 1.12 bits per heavy atom. The van der Waals surface area contributed by atoms with Crippen molar-refractivity contribution in [3.8, 4) is 0 Å². The van der Waals surface area contributed by atoms with Crippen LogP contribution in [0.25, 0.3) is 0 Å². The Labute approximate surface area is 142 Å². The summed E-state index contributed by atoms with van der Waals surface area (Å²) in [5.41, 5.74) is 7.62. The van der Waals surface area contributed by atoms with Crippen LogP contribution in [0.1, 0.15) is 11.3 Å². The second-order valence-corrected chi connectivity index (χ2v) is 7.96. The second kappa shape index (κ2) is 6.54. The highest BCUT2D eigenvalue weighted by molar-refractivity contribution is 7.89. The fourth-order valence-corrected chi connectivity index (χ4v) is 4.74. The maximum atomic E-state index is 12.9. The summed E-state index contributed by atoms with van der Waals surface area (Å²) in [5, 5.41) is 4.02. The summed E-state index contributed by atoms with van der Waals surface area (Å²) in [5.74, 6) is 0.0710. The van der Waals surface area contributed by atoms with Crippen molar-refractivity contribution < 1.29 is 8.42 Å². The molecule has 2 aromatic rings. The molecular weight excluding hydrogens is 326 g/mol. The van der Waals surface area contributed by atoms with Crippen molar-refractivity contribution in [2.75, 3.05) is 31.9 Å². The molecule has 2 N–H and O–H groups in total. The van der Waals surface area contributed by atoms with Crippen molar-refractivity contribution in [2.24, 2.45) is 7.05 Å². The van der Waals surface area contributed by atoms with Crippen molar-refractivity contribution in [2.45, 2.75) is 18.4 Å². The molecule has 7 nitrogen and oxygen atoms in total. The predicted octanol–water partition coefficient (Wildman–Crippen LogP) is 0.817. The number of nitrogens with zero attached hydrogens (tertiary/aromatic N) is 4. The number of sulfonamides is 1. The number of nitrogen functional groups attached to an aromatic ring is 1. The number of aryl methyl sites for hydroxylation is 1. The van der Waals surface area contributed by atoms with E-state index in [2.05, 4.69) is 22.1 Å². The number of benzene rings is 1. The first kappa shape index (κ1) is 16.9. The molecule has 1 aliphatic heterocycles. The number of rotatable bonds is 4. The smallest absolute Gasteiger partial charge is 0.248 e. The lowest BCUT2D eigenvalue weighted by Crippen LogP contribution is -2.48. The third kappa shape index (κ3) is 3.17. The fraction of sp³-hybridized carbons (Fsp3) is 0.438. The molecule has 0 bridgehead atoms. The number of nitrogens with two attached hydrogens (primary N) is 1. The molecule has 0 saturated carbocycles. The monoisotopic (exact) mass is 349 g/mol. The van der Waals surface area contributed by atoms with Gasteiger partial charge >= 0.3 is 0 Å². The van der Waals surface area contributed by atoms with Crippen LogP contribution in [0.5, 0.6) is 0 Å². The number of anilines is 1. The molecule has 1 fully saturated rings. The molecule has 0 atom stereocenters. The summed E-state index contributed by atoms with van der Waals surface area (Å²) in [6.45, 7) is 4.89. The third-order valence-corrected chi connectivity index (χ3v) is 6.55. The van der Waals surface area contributed by atoms with Crippen molar-refractivity contribution in [1.29, 1.82) is 0 Å². The maximum Gasteiger partial charge on any atom is 0.248 e. The Morgan fingerprint density at radius 3 is 2.29 bits per heavy atom. The van der Waals surface area contributed by atoms with E-state index < -0.39 is 10.0 Å². The molecule has 0 spiro atoms. The Bertz CT molecular complexity index is 808. The van der Waals surface area contributed by atoms with Crippen LogP contribution in [0.3, 0.4) is 0 Å². The van der Waals surface area contributed by atoms with Crippen LogP contribution in [0, 0.1) is 6.92 Å². The molecule has 3 rings (SSSR count). The average molecular weight is 349 g/mol. The van der Waals surface area contributed by atoms with Crippen molar-refractivity contribution in [1.82, 2.24) is 19.0 Å². The van der Waals surface area contributed by atoms with E-state index in [1.54, 1.807) is 14.0 Å². The van der Waals surface area contributed by atoms with Crippen LogP contribution >= 0.6 is 0 Å². The van der Waals surface area contributed by atoms with E-state index in [0.29, 0.717) is 31.9 Å². The molecule has 1 aliphatic rings. The van der Waals surface area contributed by atoms with Gasteiger partial charge in [-0.2, -0.15) is 9.40 Å². The van der Waals surface area contributed by atoms with Crippen LogP contribution in [-0.4, -0.2) is 53.6 Å². The number of aromatic nitrogens is 2. The molecule has 8 heteroatoms. The molecule has 0 amide bonds. The number of piperazine rings is 1. The highest BCUT2D eigenvalue weighted by Crippen LogP contribution is 2.26. The van der Waals surface area contributed by atoms with E-state index in [1.165, 1.54) is 14.6 Å². The minimum absolute atomic E-state index is 0.0710. The van der Waals surface area contributed by atoms with Gasteiger partial charge in [0.1, 0.15) is 4.90 Å². The van der Waals surface area contributed by atoms with Crippen LogP contribution in [0.4, 0.5) is 5.82 Å². The fourth-order valence-electron chi connectivity index (χ4n) is 3.03. The van der Waals surface area contributed by atoms with E-state index in [0.717, 1.165) is 6.54 Å². The van der Waals surface area contributed by atoms with Crippen molar-refractivity contribution >= 4 is 15.8 Å². The Kier molecular flexibility index (Phi) is 4.62. The lowest BCUT2D eigenvalue weighted by molar-refractivity contribution is 0.181. The molecule has 0 unspecified atom stereocenters. The minimum atomic E-state index is -3.60. The number of hydrogen-bond acceptors (Lipinski definition) is 5. The zero-order chi connectivity index (χ0) is 17.3. The first-order valence-corrected chi connectivity index (χ1v) is 9.39. The predicted molar refractivity (Wildman–Crippen MR) is 92.8 cm³/mol. The molecule has 24 heavy (non-hydrogen) atoms. The quantitative estimate of drug-likeness (QED) is 0.883. The second-order valence-electron chi connectivity index (χ2n) is 6.09. The summed E-state index contributed by atoms with van der Waals surface area (Å²) in [6.07, 6.45) is 0. The van der Waals surface area contributed by atoms with Gasteiger partial charge in [0.25, 0.3) is 0 Å². The van der Waals surface area contributed by atoms with E-state index in [-0.39, 0.29) is 10.7 Å². The van der Waals surface area contributed by atoms with Crippen LogP contribution in [-0.2, 0) is 23.6 Å². The lowest BCUT2D eigenvalue weighted by Gasteiger charge is -2.34. The molecular formula is C16H23N5O2S. The highest BCUT2D eigenvalue weighted by atomic mass is 32.2. The molecule has 0 aliphatic carbocycles. The van der Waals surface area contributed by atoms with Gasteiger partial charge in [-0.25, -0.2) is 8.42 Å². The van der Waals surface area contributed by atoms with Gasteiger partial charge in [0.15, 0.2) is 5.82 Å². The first-order valence-electron chi connectivity index (χ1n) is 7.95. The third-order valence-electron chi connectivity index (χ3n) is 4.48. The van der Waals surface area contributed by atoms with Gasteiger partial charge in [-0.05, 0) is 12.5 Å². The van der Waals surface area contributed by atoms with Gasteiger partial charge in [-0.15, -0.1) is 0 Å². The summed E-state index contributed by atoms with van der Waals surface area (Å²) >= 11 is 0. The van der Waals surface area contributed by atoms with Gasteiger partial charge in [-0.1, -0.05) is 30.3 Å². The highest BCUT2D eigenvalue weighted by Gasteiger charge is 2.33. The molecule has 1 saturated heterocycles. The summed E-state index contributed by atoms with van der Waals surface area (Å²) in [7, 11) is -1.90. The Hall–Kier alpha value is -1.90. The standard InChI is InChI=1S/C16H23N5O2S/c1-13-15(16(17)18-19(13)2)24(22,23)21-10-8-20(9-11-21)12-14-6-4-3-5-7-14/h3-7H,8-12H2,1-2H3,(H2,17,18). The molecule has 1 aromatic heterocycles. The summed E-state index contributed by atoms with van der Waals surface area (Å²) < 4.78 is 28.8. The molecule has 0 radical (unpaired) electrons. The summed E-state index contributed by atoms with van der Waals surface area (Å²) in [6, 6.07) is 10.2. The normalized spacial score (nSPS) is 17.2. The van der Waals surface area contributed by atoms with E-state index in [9.17, 15) is 8.42 Å². The Balaban J connectivity index is 1.70. The number of hydrogen-bond donors (Lipinski definition) is 1. The summed E-state index contributed by atoms with van der Waals surface area (Å²) in [4.78, 5) is 2.40. The first-order chi connectivity index (χ1) is 11.4. The maximum absolute atomic E-state index is 12.9. The largest absolute Gasteiger partial charge is 0.381 e. The lowest BCUT2D eigenvalue weighted by atomic mass is 10.2. The Morgan fingerprint density at radius 2 is 1.75 bits per heavy atom. The van der Waals surface area contributed by atoms with Crippen molar-refractivity contribution in [3.63, 3.8) is 0 Å². The van der Waals surface area contributed by atoms with Crippen LogP contribution < -0.4 is 5.73 Å². The molecule has 2 heterocycles. The van der Waals surface area contributed by atoms with Crippen LogP contribution in [0.2, 0.25) is 0 Å². The minimum Gasteiger partial charge on any atom is -0.381 e. The van der Waals surface area contributed by atoms with E-state index in [4.69, 9.17) is 5.73 Å². The zero-order valence-corrected chi connectivity index (χ0v) is 14.8. The van der Waals surface area contributed by atoms with Gasteiger partial charge in [-0.3, -0.25) is 9.58 Å². The van der Waals surface area contributed by atoms with Gasteiger partial charge in [0, 0.05) is 39.8 Å². The zero-order valence-electron chi connectivity index (χ0n) is 14.0. The average Bonchev–Trinajstić information content (AvgIpc) is 2.82. The topological polar surface area (TPSA) is 84.5 Å². The SMILES string of the molecule is Cc1c(S(=O)(=O)N2CCN(Cc3ccccc3)CC2)c(N)nn1C. The van der Waals surface area contributed by atoms with E-state index in [1.807, 2.05) is 18.2 Å². The van der Waals surface area contributed by atoms with Gasteiger partial charge in [0.05, 0.1) is 5.69 Å². The van der Waals surface area contributed by atoms with Crippen LogP contribution in [0.15, 0.2) is 35.2 Å². The van der Waals surface area contributed by atoms with Crippen molar-refractivity contribution in [3.05, 3.63) is 41.6 Å². The molecule has 1 aromatic carbocycles. The van der Waals surface area contributed by atoms with E-state index >= 15 is 0 Å². The van der Waals surface area contributed by atoms with Gasteiger partial charge < -0.3 is 5.73 Å². The molecule has 130 valence electrons.